The molecule has 0 amide bonds. The number of carboxylic acids is 1. The molecule has 6 nitrogen and oxygen atoms in total. The number of aldehydes is 1. The number of rotatable bonds is 6. The van der Waals surface area contributed by atoms with Crippen LogP contribution in [0.3, 0.4) is 0 Å². The minimum Gasteiger partial charge on any atom is -0.485 e. The molecular weight excluding hydrogens is 312 g/mol. The number of ether oxygens (including phenoxy) is 3. The number of hydrogen-bond donors (Lipinski definition) is 1. The first-order valence-electron chi connectivity index (χ1n) is 7.45. The maximum absolute atomic E-state index is 11.2. The molecule has 1 aliphatic rings. The van der Waals surface area contributed by atoms with E-state index in [-0.39, 0.29) is 29.6 Å². The maximum Gasteiger partial charge on any atom is 0.336 e. The smallest absolute Gasteiger partial charge is 0.336 e. The predicted octanol–water partition coefficient (Wildman–Crippen LogP) is 2.55. The van der Waals surface area contributed by atoms with Gasteiger partial charge in [-0.05, 0) is 17.7 Å². The lowest BCUT2D eigenvalue weighted by atomic mass is 10.1. The van der Waals surface area contributed by atoms with Gasteiger partial charge in [0.1, 0.15) is 6.61 Å². The van der Waals surface area contributed by atoms with Crippen molar-refractivity contribution in [2.45, 2.75) is 12.7 Å². The largest absolute Gasteiger partial charge is 0.485 e. The second-order valence-corrected chi connectivity index (χ2v) is 5.33. The van der Waals surface area contributed by atoms with E-state index in [1.807, 2.05) is 30.3 Å². The molecule has 6 heteroatoms. The monoisotopic (exact) mass is 328 g/mol. The molecule has 0 aliphatic carbocycles. The summed E-state index contributed by atoms with van der Waals surface area (Å²) in [5, 5.41) is 9.10. The van der Waals surface area contributed by atoms with Crippen LogP contribution in [0.15, 0.2) is 42.5 Å². The summed E-state index contributed by atoms with van der Waals surface area (Å²) in [6, 6.07) is 12.6. The topological polar surface area (TPSA) is 82.1 Å². The van der Waals surface area contributed by atoms with Crippen molar-refractivity contribution in [2.75, 3.05) is 13.2 Å². The summed E-state index contributed by atoms with van der Waals surface area (Å²) in [7, 11) is 0. The van der Waals surface area contributed by atoms with Crippen molar-refractivity contribution in [3.8, 4) is 11.5 Å². The van der Waals surface area contributed by atoms with E-state index in [0.717, 1.165) is 5.56 Å². The minimum atomic E-state index is -1.18. The van der Waals surface area contributed by atoms with Gasteiger partial charge in [-0.25, -0.2) is 4.79 Å². The molecule has 0 saturated carbocycles. The fourth-order valence-corrected chi connectivity index (χ4v) is 2.48. The molecule has 0 spiro atoms. The lowest BCUT2D eigenvalue weighted by molar-refractivity contribution is 0.00241. The highest BCUT2D eigenvalue weighted by Gasteiger charge is 2.26. The molecule has 0 aromatic heterocycles. The van der Waals surface area contributed by atoms with Crippen molar-refractivity contribution in [3.05, 3.63) is 59.2 Å². The Morgan fingerprint density at radius 1 is 1.25 bits per heavy atom. The van der Waals surface area contributed by atoms with E-state index in [9.17, 15) is 9.59 Å². The van der Waals surface area contributed by atoms with Crippen LogP contribution in [0.4, 0.5) is 0 Å². The van der Waals surface area contributed by atoms with Gasteiger partial charge in [0.2, 0.25) is 0 Å². The molecule has 24 heavy (non-hydrogen) atoms. The SMILES string of the molecule is O=Cc1c(C(=O)O)ccc2c1OC[C@@H](COCc1ccccc1)O2. The van der Waals surface area contributed by atoms with E-state index < -0.39 is 5.97 Å². The zero-order valence-electron chi connectivity index (χ0n) is 12.8. The summed E-state index contributed by atoms with van der Waals surface area (Å²) in [5.41, 5.74) is 0.943. The summed E-state index contributed by atoms with van der Waals surface area (Å²) in [5.74, 6) is -0.664. The predicted molar refractivity (Wildman–Crippen MR) is 84.8 cm³/mol. The van der Waals surface area contributed by atoms with Crippen molar-refractivity contribution in [1.82, 2.24) is 0 Å². The van der Waals surface area contributed by atoms with Crippen molar-refractivity contribution >= 4 is 12.3 Å². The molecule has 1 aliphatic heterocycles. The zero-order chi connectivity index (χ0) is 16.9. The number of benzene rings is 2. The number of carboxylic acid groups (broad SMARTS) is 1. The molecular formula is C18H16O6. The molecule has 0 bridgehead atoms. The zero-order valence-corrected chi connectivity index (χ0v) is 12.8. The molecule has 1 heterocycles. The van der Waals surface area contributed by atoms with Gasteiger partial charge >= 0.3 is 5.97 Å². The van der Waals surface area contributed by atoms with Gasteiger partial charge in [-0.2, -0.15) is 0 Å². The third-order valence-electron chi connectivity index (χ3n) is 3.63. The molecule has 2 aromatic carbocycles. The van der Waals surface area contributed by atoms with Gasteiger partial charge in [0.05, 0.1) is 24.3 Å². The van der Waals surface area contributed by atoms with Crippen molar-refractivity contribution in [3.63, 3.8) is 0 Å². The molecule has 1 N–H and O–H groups in total. The first kappa shape index (κ1) is 16.0. The third-order valence-corrected chi connectivity index (χ3v) is 3.63. The van der Waals surface area contributed by atoms with E-state index in [2.05, 4.69) is 0 Å². The second kappa shape index (κ2) is 7.14. The number of fused-ring (bicyclic) bond motifs is 1. The van der Waals surface area contributed by atoms with Crippen LogP contribution < -0.4 is 9.47 Å². The second-order valence-electron chi connectivity index (χ2n) is 5.33. The lowest BCUT2D eigenvalue weighted by Crippen LogP contribution is -2.34. The third kappa shape index (κ3) is 3.38. The van der Waals surface area contributed by atoms with Gasteiger partial charge in [0.25, 0.3) is 0 Å². The number of hydrogen-bond acceptors (Lipinski definition) is 5. The lowest BCUT2D eigenvalue weighted by Gasteiger charge is -2.27. The maximum atomic E-state index is 11.2. The highest BCUT2D eigenvalue weighted by molar-refractivity contribution is 5.99. The van der Waals surface area contributed by atoms with Crippen molar-refractivity contribution in [1.29, 1.82) is 0 Å². The molecule has 0 saturated heterocycles. The fraction of sp³-hybridized carbons (Fsp3) is 0.222. The Hall–Kier alpha value is -2.86. The van der Waals surface area contributed by atoms with Gasteiger partial charge < -0.3 is 19.3 Å². The van der Waals surface area contributed by atoms with Crippen molar-refractivity contribution < 1.29 is 28.9 Å². The van der Waals surface area contributed by atoms with Gasteiger partial charge in [0.15, 0.2) is 23.9 Å². The van der Waals surface area contributed by atoms with E-state index >= 15 is 0 Å². The van der Waals surface area contributed by atoms with Gasteiger partial charge in [-0.3, -0.25) is 4.79 Å². The normalized spacial score (nSPS) is 15.8. The quantitative estimate of drug-likeness (QED) is 0.821. The number of carbonyl (C=O) groups is 2. The van der Waals surface area contributed by atoms with Crippen LogP contribution in [-0.4, -0.2) is 36.7 Å². The summed E-state index contributed by atoms with van der Waals surface area (Å²) < 4.78 is 16.9. The minimum absolute atomic E-state index is 0.0105. The van der Waals surface area contributed by atoms with Crippen LogP contribution >= 0.6 is 0 Å². The van der Waals surface area contributed by atoms with E-state index in [4.69, 9.17) is 19.3 Å². The molecule has 0 fully saturated rings. The number of aromatic carboxylic acids is 1. The average molecular weight is 328 g/mol. The van der Waals surface area contributed by atoms with Gasteiger partial charge in [-0.15, -0.1) is 0 Å². The Morgan fingerprint density at radius 3 is 2.75 bits per heavy atom. The number of carbonyl (C=O) groups excluding carboxylic acids is 1. The molecule has 124 valence electrons. The molecule has 3 rings (SSSR count). The fourth-order valence-electron chi connectivity index (χ4n) is 2.48. The van der Waals surface area contributed by atoms with Crippen LogP contribution in [0.2, 0.25) is 0 Å². The summed E-state index contributed by atoms with van der Waals surface area (Å²) in [6.07, 6.45) is 0.147. The standard InChI is InChI=1S/C18H16O6/c19-8-15-14(18(20)21)6-7-16-17(15)23-11-13(24-16)10-22-9-12-4-2-1-3-5-12/h1-8,13H,9-11H2,(H,20,21)/t13-/m1/s1. The van der Waals surface area contributed by atoms with Crippen LogP contribution in [0, 0.1) is 0 Å². The highest BCUT2D eigenvalue weighted by Crippen LogP contribution is 2.36. The Morgan fingerprint density at radius 2 is 2.04 bits per heavy atom. The first-order chi connectivity index (χ1) is 11.7. The van der Waals surface area contributed by atoms with Crippen LogP contribution in [0.5, 0.6) is 11.5 Å². The van der Waals surface area contributed by atoms with Gasteiger partial charge in [-0.1, -0.05) is 30.3 Å². The van der Waals surface area contributed by atoms with Crippen LogP contribution in [0.1, 0.15) is 26.3 Å². The first-order valence-corrected chi connectivity index (χ1v) is 7.45. The van der Waals surface area contributed by atoms with Crippen LogP contribution in [0.25, 0.3) is 0 Å². The Balaban J connectivity index is 1.64. The van der Waals surface area contributed by atoms with Crippen molar-refractivity contribution in [2.24, 2.45) is 0 Å². The van der Waals surface area contributed by atoms with Crippen LogP contribution in [-0.2, 0) is 11.3 Å². The summed E-state index contributed by atoms with van der Waals surface area (Å²) in [4.78, 5) is 22.3. The van der Waals surface area contributed by atoms with E-state index in [1.165, 1.54) is 12.1 Å². The Kier molecular flexibility index (Phi) is 4.77. The molecule has 1 atom stereocenters. The highest BCUT2D eigenvalue weighted by atomic mass is 16.6. The summed E-state index contributed by atoms with van der Waals surface area (Å²) >= 11 is 0. The van der Waals surface area contributed by atoms with E-state index in [1.54, 1.807) is 0 Å². The Bertz CT molecular complexity index is 741. The molecule has 0 radical (unpaired) electrons. The van der Waals surface area contributed by atoms with E-state index in [0.29, 0.717) is 25.2 Å². The Labute approximate surface area is 138 Å². The van der Waals surface area contributed by atoms with Gasteiger partial charge in [0, 0.05) is 0 Å². The summed E-state index contributed by atoms with van der Waals surface area (Å²) in [6.45, 7) is 0.974. The molecule has 0 unspecified atom stereocenters. The molecule has 2 aromatic rings. The average Bonchev–Trinajstić information content (AvgIpc) is 2.61.